The Bertz CT molecular complexity index is 1030. The second kappa shape index (κ2) is 6.16. The molecule has 26 heavy (non-hydrogen) atoms. The lowest BCUT2D eigenvalue weighted by Gasteiger charge is -2.17. The van der Waals surface area contributed by atoms with E-state index in [2.05, 4.69) is 73.3 Å². The quantitative estimate of drug-likeness (QED) is 0.719. The van der Waals surface area contributed by atoms with Gasteiger partial charge >= 0.3 is 0 Å². The Morgan fingerprint density at radius 1 is 1.08 bits per heavy atom. The first-order valence-electron chi connectivity index (χ1n) is 8.92. The van der Waals surface area contributed by atoms with Crippen LogP contribution in [0.5, 0.6) is 0 Å². The molecule has 0 saturated carbocycles. The van der Waals surface area contributed by atoms with Crippen molar-refractivity contribution in [3.05, 3.63) is 59.2 Å². The van der Waals surface area contributed by atoms with Gasteiger partial charge in [0.25, 0.3) is 0 Å². The third-order valence-corrected chi connectivity index (χ3v) is 4.48. The Morgan fingerprint density at radius 3 is 2.65 bits per heavy atom. The molecule has 5 nitrogen and oxygen atoms in total. The molecule has 5 heteroatoms. The second-order valence-electron chi connectivity index (χ2n) is 8.02. The lowest BCUT2D eigenvalue weighted by Crippen LogP contribution is -2.16. The van der Waals surface area contributed by atoms with Gasteiger partial charge in [-0.25, -0.2) is 9.67 Å². The van der Waals surface area contributed by atoms with Crippen LogP contribution < -0.4 is 0 Å². The normalized spacial score (nSPS) is 14.6. The lowest BCUT2D eigenvalue weighted by atomic mass is 9.97. The highest BCUT2D eigenvalue weighted by Gasteiger charge is 2.18. The van der Waals surface area contributed by atoms with Crippen LogP contribution in [0.25, 0.3) is 11.0 Å². The number of benzene rings is 2. The van der Waals surface area contributed by atoms with Crippen LogP contribution in [-0.2, 0) is 6.54 Å². The molecule has 1 aliphatic rings. The van der Waals surface area contributed by atoms with E-state index in [4.69, 9.17) is 4.99 Å². The fraction of sp³-hybridized carbons (Fsp3) is 0.333. The molecule has 0 atom stereocenters. The predicted molar refractivity (Wildman–Crippen MR) is 106 cm³/mol. The first-order chi connectivity index (χ1) is 12.4. The molecule has 4 rings (SSSR count). The number of hydrogen-bond acceptors (Lipinski definition) is 4. The predicted octanol–water partition coefficient (Wildman–Crippen LogP) is 4.04. The van der Waals surface area contributed by atoms with Crippen LogP contribution in [0.4, 0.5) is 0 Å². The van der Waals surface area contributed by atoms with Crippen LogP contribution in [0, 0.1) is 12.3 Å². The molecular formula is C21H23N5. The molecule has 0 N–H and O–H groups in total. The molecule has 0 spiro atoms. The number of amidine groups is 1. The van der Waals surface area contributed by atoms with Crippen molar-refractivity contribution in [1.29, 1.82) is 0 Å². The van der Waals surface area contributed by atoms with Gasteiger partial charge in [-0.3, -0.25) is 4.99 Å². The Kier molecular flexibility index (Phi) is 3.94. The van der Waals surface area contributed by atoms with E-state index in [1.165, 1.54) is 5.56 Å². The molecule has 0 saturated heterocycles. The summed E-state index contributed by atoms with van der Waals surface area (Å²) in [5.74, 6) is 0.814. The molecule has 0 unspecified atom stereocenters. The zero-order valence-corrected chi connectivity index (χ0v) is 15.7. The molecule has 3 aromatic rings. The summed E-state index contributed by atoms with van der Waals surface area (Å²) in [6.45, 7) is 10.1. The summed E-state index contributed by atoms with van der Waals surface area (Å²) in [6.07, 6.45) is 0. The van der Waals surface area contributed by atoms with E-state index in [1.54, 1.807) is 0 Å². The molecule has 132 valence electrons. The van der Waals surface area contributed by atoms with Crippen molar-refractivity contribution in [2.45, 2.75) is 34.2 Å². The average Bonchev–Trinajstić information content (AvgIpc) is 3.21. The molecule has 2 aromatic carbocycles. The van der Waals surface area contributed by atoms with Gasteiger partial charge in [-0.15, -0.1) is 5.10 Å². The van der Waals surface area contributed by atoms with E-state index in [-0.39, 0.29) is 5.41 Å². The summed E-state index contributed by atoms with van der Waals surface area (Å²) >= 11 is 0. The number of fused-ring (bicyclic) bond motifs is 1. The topological polar surface area (TPSA) is 55.4 Å². The van der Waals surface area contributed by atoms with Crippen molar-refractivity contribution < 1.29 is 0 Å². The van der Waals surface area contributed by atoms with E-state index in [0.717, 1.165) is 40.3 Å². The molecular weight excluding hydrogens is 322 g/mol. The van der Waals surface area contributed by atoms with Crippen LogP contribution in [0.15, 0.2) is 52.4 Å². The highest BCUT2D eigenvalue weighted by molar-refractivity contribution is 6.18. The molecule has 0 bridgehead atoms. The molecule has 2 heterocycles. The molecule has 1 aromatic heterocycles. The fourth-order valence-corrected chi connectivity index (χ4v) is 3.19. The number of hydrogen-bond donors (Lipinski definition) is 0. The van der Waals surface area contributed by atoms with Gasteiger partial charge in [0.2, 0.25) is 0 Å². The van der Waals surface area contributed by atoms with Crippen molar-refractivity contribution in [3.8, 4) is 0 Å². The lowest BCUT2D eigenvalue weighted by molar-refractivity contribution is 0.327. The van der Waals surface area contributed by atoms with Crippen LogP contribution in [0.3, 0.4) is 0 Å². The molecule has 0 amide bonds. The van der Waals surface area contributed by atoms with Gasteiger partial charge in [0.05, 0.1) is 17.8 Å². The standard InChI is InChI=1S/C21H23N5/c1-14-7-5-6-8-16(14)20-22-12-18(23-20)15-9-10-19-17(11-15)24-25-26(19)13-21(2,3)4/h5-11H,12-13H2,1-4H3. The average molecular weight is 345 g/mol. The maximum atomic E-state index is 4.77. The van der Waals surface area contributed by atoms with E-state index >= 15 is 0 Å². The summed E-state index contributed by atoms with van der Waals surface area (Å²) in [5, 5.41) is 8.67. The summed E-state index contributed by atoms with van der Waals surface area (Å²) in [7, 11) is 0. The molecule has 0 radical (unpaired) electrons. The summed E-state index contributed by atoms with van der Waals surface area (Å²) in [5.41, 5.74) is 6.45. The first kappa shape index (κ1) is 16.6. The van der Waals surface area contributed by atoms with Gasteiger partial charge in [-0.2, -0.15) is 0 Å². The number of nitrogens with zero attached hydrogens (tertiary/aromatic N) is 5. The zero-order chi connectivity index (χ0) is 18.3. The van der Waals surface area contributed by atoms with E-state index in [1.807, 2.05) is 16.8 Å². The minimum atomic E-state index is 0.158. The van der Waals surface area contributed by atoms with E-state index in [0.29, 0.717) is 6.54 Å². The van der Waals surface area contributed by atoms with Crippen molar-refractivity contribution in [2.75, 3.05) is 6.54 Å². The fourth-order valence-electron chi connectivity index (χ4n) is 3.19. The Labute approximate surface area is 153 Å². The van der Waals surface area contributed by atoms with Gasteiger partial charge in [-0.05, 0) is 30.0 Å². The third kappa shape index (κ3) is 3.17. The van der Waals surface area contributed by atoms with E-state index in [9.17, 15) is 0 Å². The minimum Gasteiger partial charge on any atom is -0.260 e. The van der Waals surface area contributed by atoms with Crippen molar-refractivity contribution in [1.82, 2.24) is 15.0 Å². The highest BCUT2D eigenvalue weighted by Crippen LogP contribution is 2.22. The summed E-state index contributed by atoms with van der Waals surface area (Å²) in [4.78, 5) is 9.40. The smallest absolute Gasteiger partial charge is 0.155 e. The molecule has 1 aliphatic heterocycles. The Morgan fingerprint density at radius 2 is 1.88 bits per heavy atom. The summed E-state index contributed by atoms with van der Waals surface area (Å²) < 4.78 is 1.98. The molecule has 0 fully saturated rings. The number of aryl methyl sites for hydroxylation is 1. The largest absolute Gasteiger partial charge is 0.260 e. The van der Waals surface area contributed by atoms with Crippen molar-refractivity contribution >= 4 is 22.6 Å². The van der Waals surface area contributed by atoms with Gasteiger partial charge in [0.1, 0.15) is 5.52 Å². The first-order valence-corrected chi connectivity index (χ1v) is 8.92. The van der Waals surface area contributed by atoms with E-state index < -0.39 is 0 Å². The van der Waals surface area contributed by atoms with Gasteiger partial charge < -0.3 is 0 Å². The van der Waals surface area contributed by atoms with Crippen LogP contribution in [0.1, 0.15) is 37.5 Å². The monoisotopic (exact) mass is 345 g/mol. The Balaban J connectivity index is 1.64. The van der Waals surface area contributed by atoms with Crippen LogP contribution >= 0.6 is 0 Å². The second-order valence-corrected chi connectivity index (χ2v) is 8.02. The van der Waals surface area contributed by atoms with Crippen LogP contribution in [-0.4, -0.2) is 33.1 Å². The highest BCUT2D eigenvalue weighted by atomic mass is 15.4. The third-order valence-electron chi connectivity index (χ3n) is 4.48. The molecule has 0 aliphatic carbocycles. The summed E-state index contributed by atoms with van der Waals surface area (Å²) in [6, 6.07) is 14.5. The number of rotatable bonds is 3. The Hall–Kier alpha value is -2.82. The van der Waals surface area contributed by atoms with Crippen molar-refractivity contribution in [3.63, 3.8) is 0 Å². The number of aliphatic imine (C=N–C) groups is 2. The maximum absolute atomic E-state index is 4.77. The SMILES string of the molecule is Cc1ccccc1C1=NCC(c2ccc3c(c2)nnn3CC(C)(C)C)=N1. The maximum Gasteiger partial charge on any atom is 0.155 e. The van der Waals surface area contributed by atoms with Crippen molar-refractivity contribution in [2.24, 2.45) is 15.4 Å². The number of aromatic nitrogens is 3. The zero-order valence-electron chi connectivity index (χ0n) is 15.7. The van der Waals surface area contributed by atoms with Gasteiger partial charge in [-0.1, -0.05) is 56.3 Å². The van der Waals surface area contributed by atoms with Gasteiger partial charge in [0.15, 0.2) is 5.84 Å². The van der Waals surface area contributed by atoms with Crippen LogP contribution in [0.2, 0.25) is 0 Å². The van der Waals surface area contributed by atoms with Gasteiger partial charge in [0, 0.05) is 17.7 Å². The minimum absolute atomic E-state index is 0.158.